The highest BCUT2D eigenvalue weighted by molar-refractivity contribution is 5.85. The first-order valence-electron chi connectivity index (χ1n) is 7.03. The van der Waals surface area contributed by atoms with Crippen molar-refractivity contribution in [3.8, 4) is 0 Å². The largest absolute Gasteiger partial charge is 0.384 e. The number of rotatable bonds is 2. The fourth-order valence-electron chi connectivity index (χ4n) is 2.92. The highest BCUT2D eigenvalue weighted by atomic mass is 16.5. The van der Waals surface area contributed by atoms with Crippen LogP contribution in [0, 0.1) is 0 Å². The monoisotopic (exact) mass is 277 g/mol. The van der Waals surface area contributed by atoms with Gasteiger partial charge in [0.25, 0.3) is 0 Å². The van der Waals surface area contributed by atoms with Gasteiger partial charge in [-0.2, -0.15) is 0 Å². The van der Waals surface area contributed by atoms with Crippen LogP contribution in [0.15, 0.2) is 54.9 Å². The summed E-state index contributed by atoms with van der Waals surface area (Å²) < 4.78 is 5.43. The molecule has 1 unspecified atom stereocenters. The number of ether oxygens (including phenoxy) is 1. The molecule has 3 heteroatoms. The van der Waals surface area contributed by atoms with Crippen LogP contribution < -0.4 is 0 Å². The van der Waals surface area contributed by atoms with Crippen LogP contribution in [-0.2, 0) is 18.0 Å². The lowest BCUT2D eigenvalue weighted by molar-refractivity contribution is 0.134. The molecule has 1 aromatic heterocycles. The van der Waals surface area contributed by atoms with E-state index < -0.39 is 6.10 Å². The Kier molecular flexibility index (Phi) is 2.95. The summed E-state index contributed by atoms with van der Waals surface area (Å²) in [5, 5.41) is 12.8. The van der Waals surface area contributed by atoms with Gasteiger partial charge in [-0.1, -0.05) is 36.4 Å². The van der Waals surface area contributed by atoms with Gasteiger partial charge >= 0.3 is 0 Å². The van der Waals surface area contributed by atoms with E-state index in [0.717, 1.165) is 21.9 Å². The Hall–Kier alpha value is -2.23. The maximum atomic E-state index is 10.8. The molecule has 0 saturated carbocycles. The van der Waals surface area contributed by atoms with Gasteiger partial charge in [0.15, 0.2) is 0 Å². The Labute approximate surface area is 122 Å². The number of aliphatic hydroxyl groups is 1. The number of aliphatic hydroxyl groups excluding tert-OH is 1. The summed E-state index contributed by atoms with van der Waals surface area (Å²) in [7, 11) is 0. The van der Waals surface area contributed by atoms with Crippen LogP contribution in [0.1, 0.15) is 28.4 Å². The molecule has 0 aliphatic carbocycles. The molecular formula is C18H15NO2. The summed E-state index contributed by atoms with van der Waals surface area (Å²) in [6, 6.07) is 14.0. The smallest absolute Gasteiger partial charge is 0.105 e. The van der Waals surface area contributed by atoms with Crippen molar-refractivity contribution in [1.29, 1.82) is 0 Å². The van der Waals surface area contributed by atoms with Crippen LogP contribution >= 0.6 is 0 Å². The van der Waals surface area contributed by atoms with Crippen LogP contribution in [0.2, 0.25) is 0 Å². The van der Waals surface area contributed by atoms with Crippen LogP contribution in [0.25, 0.3) is 10.8 Å². The van der Waals surface area contributed by atoms with Crippen molar-refractivity contribution in [1.82, 2.24) is 4.98 Å². The summed E-state index contributed by atoms with van der Waals surface area (Å²) >= 11 is 0. The standard InChI is InChI=1S/C18H15NO2/c20-18(13-4-5-14-10-21-11-15(14)8-13)16-3-1-2-12-6-7-19-9-17(12)16/h1-9,18,20H,10-11H2. The molecule has 0 spiro atoms. The zero-order valence-corrected chi connectivity index (χ0v) is 11.5. The molecule has 2 heterocycles. The second-order valence-corrected chi connectivity index (χ2v) is 5.37. The predicted molar refractivity (Wildman–Crippen MR) is 80.7 cm³/mol. The molecule has 0 bridgehead atoms. The van der Waals surface area contributed by atoms with Gasteiger partial charge < -0.3 is 9.84 Å². The van der Waals surface area contributed by atoms with E-state index in [9.17, 15) is 5.11 Å². The lowest BCUT2D eigenvalue weighted by Gasteiger charge is -2.15. The van der Waals surface area contributed by atoms with Gasteiger partial charge in [0.1, 0.15) is 6.10 Å². The molecule has 0 fully saturated rings. The molecule has 4 rings (SSSR count). The molecule has 3 aromatic rings. The van der Waals surface area contributed by atoms with Crippen molar-refractivity contribution >= 4 is 10.8 Å². The van der Waals surface area contributed by atoms with Crippen LogP contribution in [-0.4, -0.2) is 10.1 Å². The normalized spacial score (nSPS) is 15.1. The van der Waals surface area contributed by atoms with Crippen molar-refractivity contribution in [2.24, 2.45) is 0 Å². The topological polar surface area (TPSA) is 42.4 Å². The molecule has 21 heavy (non-hydrogen) atoms. The number of aromatic nitrogens is 1. The summed E-state index contributed by atoms with van der Waals surface area (Å²) in [5.41, 5.74) is 4.17. The lowest BCUT2D eigenvalue weighted by Crippen LogP contribution is -2.01. The summed E-state index contributed by atoms with van der Waals surface area (Å²) in [4.78, 5) is 4.18. The fourth-order valence-corrected chi connectivity index (χ4v) is 2.92. The Morgan fingerprint density at radius 2 is 1.95 bits per heavy atom. The van der Waals surface area contributed by atoms with E-state index in [0.29, 0.717) is 13.2 Å². The van der Waals surface area contributed by atoms with E-state index in [-0.39, 0.29) is 0 Å². The molecule has 3 nitrogen and oxygen atoms in total. The van der Waals surface area contributed by atoms with Crippen LogP contribution in [0.3, 0.4) is 0 Å². The van der Waals surface area contributed by atoms with Gasteiger partial charge in [-0.3, -0.25) is 4.98 Å². The van der Waals surface area contributed by atoms with Crippen LogP contribution in [0.5, 0.6) is 0 Å². The Morgan fingerprint density at radius 1 is 1.05 bits per heavy atom. The third kappa shape index (κ3) is 2.11. The van der Waals surface area contributed by atoms with Crippen molar-refractivity contribution in [2.75, 3.05) is 0 Å². The highest BCUT2D eigenvalue weighted by Gasteiger charge is 2.17. The van der Waals surface area contributed by atoms with Gasteiger partial charge in [0.05, 0.1) is 13.2 Å². The third-order valence-corrected chi connectivity index (χ3v) is 4.07. The summed E-state index contributed by atoms with van der Waals surface area (Å²) in [6.45, 7) is 1.30. The van der Waals surface area contributed by atoms with Crippen LogP contribution in [0.4, 0.5) is 0 Å². The van der Waals surface area contributed by atoms with Crippen molar-refractivity contribution in [3.63, 3.8) is 0 Å². The van der Waals surface area contributed by atoms with Gasteiger partial charge in [-0.25, -0.2) is 0 Å². The average Bonchev–Trinajstić information content (AvgIpc) is 3.01. The predicted octanol–water partition coefficient (Wildman–Crippen LogP) is 3.35. The molecule has 0 amide bonds. The van der Waals surface area contributed by atoms with E-state index in [2.05, 4.69) is 4.98 Å². The molecule has 1 N–H and O–H groups in total. The van der Waals surface area contributed by atoms with E-state index in [4.69, 9.17) is 4.74 Å². The molecule has 2 aromatic carbocycles. The molecule has 0 saturated heterocycles. The first-order chi connectivity index (χ1) is 10.3. The molecule has 104 valence electrons. The molecule has 0 radical (unpaired) electrons. The fraction of sp³-hybridized carbons (Fsp3) is 0.167. The second kappa shape index (κ2) is 4.95. The average molecular weight is 277 g/mol. The van der Waals surface area contributed by atoms with E-state index in [1.54, 1.807) is 6.20 Å². The van der Waals surface area contributed by atoms with Crippen molar-refractivity contribution in [2.45, 2.75) is 19.3 Å². The lowest BCUT2D eigenvalue weighted by atomic mass is 9.95. The minimum Gasteiger partial charge on any atom is -0.384 e. The quantitative estimate of drug-likeness (QED) is 0.781. The SMILES string of the molecule is OC(c1ccc2c(c1)COC2)c1cccc2ccncc12. The van der Waals surface area contributed by atoms with Gasteiger partial charge in [0, 0.05) is 17.8 Å². The second-order valence-electron chi connectivity index (χ2n) is 5.37. The third-order valence-electron chi connectivity index (χ3n) is 4.07. The van der Waals surface area contributed by atoms with E-state index in [1.165, 1.54) is 11.1 Å². The first-order valence-corrected chi connectivity index (χ1v) is 7.03. The Bertz CT molecular complexity index is 808. The Balaban J connectivity index is 1.81. The molecule has 1 atom stereocenters. The maximum Gasteiger partial charge on any atom is 0.105 e. The maximum absolute atomic E-state index is 10.8. The number of pyridine rings is 1. The number of hydrogen-bond acceptors (Lipinski definition) is 3. The molecule has 1 aliphatic heterocycles. The first kappa shape index (κ1) is 12.5. The van der Waals surface area contributed by atoms with E-state index in [1.807, 2.05) is 48.7 Å². The molecular weight excluding hydrogens is 262 g/mol. The van der Waals surface area contributed by atoms with Gasteiger partial charge in [0.2, 0.25) is 0 Å². The van der Waals surface area contributed by atoms with Crippen molar-refractivity contribution < 1.29 is 9.84 Å². The van der Waals surface area contributed by atoms with E-state index >= 15 is 0 Å². The minimum atomic E-state index is -0.649. The summed E-state index contributed by atoms with van der Waals surface area (Å²) in [5.74, 6) is 0. The van der Waals surface area contributed by atoms with Gasteiger partial charge in [-0.05, 0) is 33.7 Å². The number of hydrogen-bond donors (Lipinski definition) is 1. The minimum absolute atomic E-state index is 0.632. The summed E-state index contributed by atoms with van der Waals surface area (Å²) in [6.07, 6.45) is 2.93. The molecule has 1 aliphatic rings. The highest BCUT2D eigenvalue weighted by Crippen LogP contribution is 2.31. The van der Waals surface area contributed by atoms with Gasteiger partial charge in [-0.15, -0.1) is 0 Å². The number of benzene rings is 2. The number of fused-ring (bicyclic) bond motifs is 2. The number of nitrogens with zero attached hydrogens (tertiary/aromatic N) is 1. The zero-order valence-electron chi connectivity index (χ0n) is 11.5. The van der Waals surface area contributed by atoms with Crippen molar-refractivity contribution in [3.05, 3.63) is 77.1 Å². The Morgan fingerprint density at radius 3 is 2.90 bits per heavy atom. The zero-order chi connectivity index (χ0) is 14.2.